The van der Waals surface area contributed by atoms with Gasteiger partial charge in [-0.25, -0.2) is 0 Å². The fourth-order valence-electron chi connectivity index (χ4n) is 3.26. The van der Waals surface area contributed by atoms with Gasteiger partial charge < -0.3 is 0 Å². The predicted octanol–water partition coefficient (Wildman–Crippen LogP) is 4.80. The van der Waals surface area contributed by atoms with E-state index in [0.717, 1.165) is 23.4 Å². The van der Waals surface area contributed by atoms with Crippen molar-refractivity contribution in [3.8, 4) is 0 Å². The molecule has 2 aromatic rings. The van der Waals surface area contributed by atoms with Crippen molar-refractivity contribution in [1.29, 1.82) is 0 Å². The fourth-order valence-corrected chi connectivity index (χ4v) is 3.26. The maximum atomic E-state index is 5.74. The second-order valence-corrected chi connectivity index (χ2v) is 6.06. The number of hydrogen-bond donors (Lipinski definition) is 0. The predicted molar refractivity (Wildman–Crippen MR) is 105 cm³/mol. The molecule has 0 amide bonds. The molecular weight excluding hydrogens is 277 g/mol. The Hall–Kier alpha value is -2.35. The number of rotatable bonds is 3. The quantitative estimate of drug-likeness (QED) is 0.736. The van der Waals surface area contributed by atoms with Gasteiger partial charge in [0.25, 0.3) is 0 Å². The molecule has 0 saturated heterocycles. The van der Waals surface area contributed by atoms with E-state index in [-0.39, 0.29) is 0 Å². The molecule has 0 atom stereocenters. The number of benzene rings is 2. The van der Waals surface area contributed by atoms with Crippen molar-refractivity contribution < 1.29 is 0 Å². The zero-order chi connectivity index (χ0) is 16.7. The van der Waals surface area contributed by atoms with Crippen LogP contribution in [-0.2, 0) is 0 Å². The van der Waals surface area contributed by atoms with Gasteiger partial charge in [0, 0.05) is 0 Å². The van der Waals surface area contributed by atoms with Crippen LogP contribution in [0.4, 0.5) is 0 Å². The van der Waals surface area contributed by atoms with Crippen molar-refractivity contribution in [2.45, 2.75) is 20.3 Å². The van der Waals surface area contributed by atoms with Gasteiger partial charge in [-0.3, -0.25) is 0 Å². The molecule has 1 aliphatic heterocycles. The Bertz CT molecular complexity index is 886. The first-order valence-corrected chi connectivity index (χ1v) is 7.93. The van der Waals surface area contributed by atoms with Crippen molar-refractivity contribution in [2.75, 3.05) is 7.05 Å². The molecule has 113 valence electrons. The van der Waals surface area contributed by atoms with Gasteiger partial charge in [-0.05, 0) is 0 Å². The first kappa shape index (κ1) is 15.5. The van der Waals surface area contributed by atoms with Crippen LogP contribution >= 0.6 is 0 Å². The summed E-state index contributed by atoms with van der Waals surface area (Å²) in [4.78, 5) is 2.07. The molecule has 0 aromatic heterocycles. The summed E-state index contributed by atoms with van der Waals surface area (Å²) in [6.45, 7) is 12.8. The molecule has 0 bridgehead atoms. The van der Waals surface area contributed by atoms with E-state index in [1.807, 2.05) is 7.05 Å². The molecule has 3 rings (SSSR count). The molecule has 1 aliphatic rings. The van der Waals surface area contributed by atoms with E-state index in [0.29, 0.717) is 0 Å². The van der Waals surface area contributed by atoms with E-state index < -0.39 is 0 Å². The van der Waals surface area contributed by atoms with Gasteiger partial charge >= 0.3 is 139 Å². The third-order valence-corrected chi connectivity index (χ3v) is 4.87. The molecule has 23 heavy (non-hydrogen) atoms. The van der Waals surface area contributed by atoms with Crippen LogP contribution in [0.5, 0.6) is 0 Å². The van der Waals surface area contributed by atoms with E-state index in [9.17, 15) is 0 Å². The topological polar surface area (TPSA) is 3.24 Å². The molecular formula is C21H21BN. The van der Waals surface area contributed by atoms with Crippen LogP contribution in [0.3, 0.4) is 0 Å². The molecule has 0 fully saturated rings. The van der Waals surface area contributed by atoms with Crippen molar-refractivity contribution >= 4 is 41.7 Å². The SMILES string of the molecule is [B]=C/C(=C/c1cc2c3c(cccc3c1C)C(=C)N(C)C2=C)CC. The van der Waals surface area contributed by atoms with E-state index in [1.165, 1.54) is 33.0 Å². The van der Waals surface area contributed by atoms with Gasteiger partial charge in [0.2, 0.25) is 0 Å². The van der Waals surface area contributed by atoms with Crippen LogP contribution in [0.2, 0.25) is 0 Å². The number of hydrogen-bond acceptors (Lipinski definition) is 1. The van der Waals surface area contributed by atoms with Gasteiger partial charge in [0.15, 0.2) is 0 Å². The van der Waals surface area contributed by atoms with Crippen LogP contribution in [-0.4, -0.2) is 25.4 Å². The number of nitrogens with zero attached hydrogens (tertiary/aromatic N) is 1. The molecule has 2 heteroatoms. The second kappa shape index (κ2) is 5.70. The normalized spacial score (nSPS) is 14.5. The molecule has 0 saturated carbocycles. The number of aryl methyl sites for hydroxylation is 1. The van der Waals surface area contributed by atoms with Gasteiger partial charge in [0.1, 0.15) is 0 Å². The van der Waals surface area contributed by atoms with E-state index in [2.05, 4.69) is 62.2 Å². The van der Waals surface area contributed by atoms with Crippen LogP contribution in [0.1, 0.15) is 35.6 Å². The average Bonchev–Trinajstić information content (AvgIpc) is 2.58. The Morgan fingerprint density at radius 3 is 2.57 bits per heavy atom. The summed E-state index contributed by atoms with van der Waals surface area (Å²) in [6.07, 6.45) is 3.09. The van der Waals surface area contributed by atoms with Crippen molar-refractivity contribution in [3.63, 3.8) is 0 Å². The molecule has 2 aromatic carbocycles. The summed E-state index contributed by atoms with van der Waals surface area (Å²) in [5.41, 5.74) is 7.95. The molecule has 1 nitrogen and oxygen atoms in total. The minimum atomic E-state index is 0.918. The molecule has 1 heterocycles. The number of allylic oxidation sites excluding steroid dienone is 1. The summed E-state index contributed by atoms with van der Waals surface area (Å²) in [7, 11) is 7.76. The summed E-state index contributed by atoms with van der Waals surface area (Å²) in [5, 5.41) is 2.51. The Morgan fingerprint density at radius 2 is 1.91 bits per heavy atom. The molecule has 0 aliphatic carbocycles. The maximum absolute atomic E-state index is 5.74. The molecule has 0 unspecified atom stereocenters. The standard InChI is InChI=1S/C21H21BN/c1-6-16(12-22)10-17-11-20-15(4)23(5)14(3)19-9-7-8-18(13(17)2)21(19)20/h7-12H,3-4,6H2,1-2,5H3/b16-10+. The van der Waals surface area contributed by atoms with Crippen molar-refractivity contribution in [3.05, 3.63) is 65.3 Å². The molecule has 0 N–H and O–H groups in total. The Balaban J connectivity index is 2.41. The monoisotopic (exact) mass is 298 g/mol. The minimum absolute atomic E-state index is 0.918. The summed E-state index contributed by atoms with van der Waals surface area (Å²) >= 11 is 0. The first-order valence-electron chi connectivity index (χ1n) is 7.93. The summed E-state index contributed by atoms with van der Waals surface area (Å²) < 4.78 is 0. The Morgan fingerprint density at radius 1 is 1.22 bits per heavy atom. The Kier molecular flexibility index (Phi) is 3.85. The van der Waals surface area contributed by atoms with Gasteiger partial charge in [-0.2, -0.15) is 0 Å². The molecule has 1 radical (unpaired) electrons. The summed E-state index contributed by atoms with van der Waals surface area (Å²) in [5.74, 6) is 1.69. The van der Waals surface area contributed by atoms with E-state index >= 15 is 0 Å². The van der Waals surface area contributed by atoms with Crippen LogP contribution in [0.25, 0.3) is 28.2 Å². The van der Waals surface area contributed by atoms with Crippen molar-refractivity contribution in [2.24, 2.45) is 0 Å². The van der Waals surface area contributed by atoms with E-state index in [1.54, 1.807) is 5.97 Å². The molecule has 0 spiro atoms. The second-order valence-electron chi connectivity index (χ2n) is 6.06. The van der Waals surface area contributed by atoms with E-state index in [4.69, 9.17) is 7.49 Å². The Labute approximate surface area is 139 Å². The fraction of sp³-hybridized carbons (Fsp3) is 0.190. The first-order chi connectivity index (χ1) is 11.0. The third kappa shape index (κ3) is 2.30. The van der Waals surface area contributed by atoms with Crippen LogP contribution in [0.15, 0.2) is 43.0 Å². The van der Waals surface area contributed by atoms with Gasteiger partial charge in [-0.1, -0.05) is 0 Å². The summed E-state index contributed by atoms with van der Waals surface area (Å²) in [6, 6.07) is 8.65. The van der Waals surface area contributed by atoms with Crippen molar-refractivity contribution in [1.82, 2.24) is 4.90 Å². The zero-order valence-corrected chi connectivity index (χ0v) is 14.1. The van der Waals surface area contributed by atoms with Gasteiger partial charge in [0.05, 0.1) is 0 Å². The average molecular weight is 298 g/mol. The van der Waals surface area contributed by atoms with Gasteiger partial charge in [-0.15, -0.1) is 0 Å². The van der Waals surface area contributed by atoms with Crippen LogP contribution in [0, 0.1) is 6.92 Å². The van der Waals surface area contributed by atoms with Crippen LogP contribution < -0.4 is 0 Å². The zero-order valence-electron chi connectivity index (χ0n) is 14.1. The third-order valence-electron chi connectivity index (χ3n) is 4.87.